The quantitative estimate of drug-likeness (QED) is 0.653. The third kappa shape index (κ3) is 2.91. The molecule has 5 nitrogen and oxygen atoms in total. The van der Waals surface area contributed by atoms with Crippen molar-refractivity contribution in [3.8, 4) is 11.5 Å². The highest BCUT2D eigenvalue weighted by Gasteiger charge is 2.14. The van der Waals surface area contributed by atoms with Crippen LogP contribution in [0.25, 0.3) is 0 Å². The Morgan fingerprint density at radius 1 is 1.05 bits per heavy atom. The molecule has 3 rings (SSSR count). The van der Waals surface area contributed by atoms with Gasteiger partial charge in [0.2, 0.25) is 5.91 Å². The van der Waals surface area contributed by atoms with E-state index in [2.05, 4.69) is 10.6 Å². The molecule has 0 bridgehead atoms. The minimum Gasteiger partial charge on any atom is -0.504 e. The van der Waals surface area contributed by atoms with Gasteiger partial charge in [0.15, 0.2) is 11.5 Å². The summed E-state index contributed by atoms with van der Waals surface area (Å²) in [5.41, 5.74) is 3.82. The van der Waals surface area contributed by atoms with Gasteiger partial charge in [-0.05, 0) is 47.9 Å². The van der Waals surface area contributed by atoms with Gasteiger partial charge in [-0.3, -0.25) is 4.79 Å². The van der Waals surface area contributed by atoms with Crippen molar-refractivity contribution in [2.45, 2.75) is 19.4 Å². The van der Waals surface area contributed by atoms with Gasteiger partial charge in [-0.25, -0.2) is 0 Å². The highest BCUT2D eigenvalue weighted by molar-refractivity contribution is 5.94. The second-order valence-electron chi connectivity index (χ2n) is 5.10. The molecular formula is C16H16N2O3. The van der Waals surface area contributed by atoms with E-state index in [4.69, 9.17) is 0 Å². The number of nitrogens with one attached hydrogen (secondary N) is 2. The number of benzene rings is 2. The molecule has 0 radical (unpaired) electrons. The van der Waals surface area contributed by atoms with Crippen LogP contribution in [-0.4, -0.2) is 16.1 Å². The lowest BCUT2D eigenvalue weighted by atomic mass is 10.0. The largest absolute Gasteiger partial charge is 0.504 e. The molecule has 0 spiro atoms. The predicted octanol–water partition coefficient (Wildman–Crippen LogP) is 2.59. The topological polar surface area (TPSA) is 81.6 Å². The van der Waals surface area contributed by atoms with Crippen molar-refractivity contribution < 1.29 is 15.0 Å². The Balaban J connectivity index is 1.71. The maximum absolute atomic E-state index is 11.3. The zero-order valence-corrected chi connectivity index (χ0v) is 11.4. The summed E-state index contributed by atoms with van der Waals surface area (Å²) in [6.07, 6.45) is 1.26. The normalized spacial score (nSPS) is 13.4. The molecule has 0 aromatic heterocycles. The van der Waals surface area contributed by atoms with E-state index < -0.39 is 0 Å². The first-order chi connectivity index (χ1) is 10.1. The molecule has 0 saturated heterocycles. The molecule has 4 N–H and O–H groups in total. The number of amides is 1. The molecule has 1 heterocycles. The molecule has 0 aliphatic carbocycles. The van der Waals surface area contributed by atoms with Gasteiger partial charge in [-0.2, -0.15) is 0 Å². The number of carbonyl (C=O) groups excluding carboxylic acids is 1. The Labute approximate surface area is 122 Å². The fourth-order valence-corrected chi connectivity index (χ4v) is 2.38. The number of rotatable bonds is 3. The van der Waals surface area contributed by atoms with Crippen molar-refractivity contribution in [2.24, 2.45) is 0 Å². The maximum Gasteiger partial charge on any atom is 0.224 e. The van der Waals surface area contributed by atoms with E-state index in [1.165, 1.54) is 12.1 Å². The van der Waals surface area contributed by atoms with E-state index in [-0.39, 0.29) is 17.4 Å². The molecule has 0 saturated carbocycles. The van der Waals surface area contributed by atoms with Crippen LogP contribution in [0, 0.1) is 0 Å². The van der Waals surface area contributed by atoms with Gasteiger partial charge in [0.05, 0.1) is 0 Å². The lowest BCUT2D eigenvalue weighted by Gasteiger charge is -2.18. The van der Waals surface area contributed by atoms with Crippen LogP contribution in [0.1, 0.15) is 17.5 Å². The highest BCUT2D eigenvalue weighted by atomic mass is 16.3. The van der Waals surface area contributed by atoms with Crippen LogP contribution in [0.15, 0.2) is 36.4 Å². The van der Waals surface area contributed by atoms with E-state index in [9.17, 15) is 15.0 Å². The van der Waals surface area contributed by atoms with E-state index in [1.54, 1.807) is 6.07 Å². The van der Waals surface area contributed by atoms with Crippen LogP contribution >= 0.6 is 0 Å². The summed E-state index contributed by atoms with van der Waals surface area (Å²) in [4.78, 5) is 11.3. The number of fused-ring (bicyclic) bond motifs is 1. The molecule has 5 heteroatoms. The van der Waals surface area contributed by atoms with Crippen molar-refractivity contribution >= 4 is 17.3 Å². The van der Waals surface area contributed by atoms with E-state index >= 15 is 0 Å². The van der Waals surface area contributed by atoms with Crippen molar-refractivity contribution in [3.63, 3.8) is 0 Å². The Bertz CT molecular complexity index is 698. The monoisotopic (exact) mass is 284 g/mol. The van der Waals surface area contributed by atoms with Crippen LogP contribution in [0.4, 0.5) is 11.4 Å². The Kier molecular flexibility index (Phi) is 3.39. The average molecular weight is 284 g/mol. The average Bonchev–Trinajstić information content (AvgIpc) is 2.48. The van der Waals surface area contributed by atoms with E-state index in [0.717, 1.165) is 28.9 Å². The summed E-state index contributed by atoms with van der Waals surface area (Å²) in [7, 11) is 0. The Morgan fingerprint density at radius 2 is 1.90 bits per heavy atom. The number of hydrogen-bond donors (Lipinski definition) is 4. The third-order valence-electron chi connectivity index (χ3n) is 3.54. The number of aryl methyl sites for hydroxylation is 1. The van der Waals surface area contributed by atoms with Crippen molar-refractivity contribution in [1.29, 1.82) is 0 Å². The van der Waals surface area contributed by atoms with Crippen molar-refractivity contribution in [2.75, 3.05) is 10.6 Å². The van der Waals surface area contributed by atoms with Gasteiger partial charge < -0.3 is 20.8 Å². The predicted molar refractivity (Wildman–Crippen MR) is 80.5 cm³/mol. The lowest BCUT2D eigenvalue weighted by Crippen LogP contribution is -2.18. The number of carbonyl (C=O) groups is 1. The first-order valence-corrected chi connectivity index (χ1v) is 6.79. The molecule has 108 valence electrons. The number of phenolic OH excluding ortho intramolecular Hbond substituents is 2. The SMILES string of the molecule is O=C1CCc2cc(NCc3ccc(O)c(O)c3)ccc2N1. The van der Waals surface area contributed by atoms with Gasteiger partial charge >= 0.3 is 0 Å². The van der Waals surface area contributed by atoms with Gasteiger partial charge in [-0.1, -0.05) is 6.07 Å². The Morgan fingerprint density at radius 3 is 2.71 bits per heavy atom. The van der Waals surface area contributed by atoms with E-state index in [1.807, 2.05) is 18.2 Å². The summed E-state index contributed by atoms with van der Waals surface area (Å²) in [6.45, 7) is 0.541. The van der Waals surface area contributed by atoms with E-state index in [0.29, 0.717) is 13.0 Å². The molecule has 1 amide bonds. The number of phenols is 2. The summed E-state index contributed by atoms with van der Waals surface area (Å²) < 4.78 is 0. The molecular weight excluding hydrogens is 268 g/mol. The summed E-state index contributed by atoms with van der Waals surface area (Å²) >= 11 is 0. The number of anilines is 2. The molecule has 2 aromatic carbocycles. The van der Waals surface area contributed by atoms with Crippen LogP contribution in [0.2, 0.25) is 0 Å². The lowest BCUT2D eigenvalue weighted by molar-refractivity contribution is -0.116. The van der Waals surface area contributed by atoms with Crippen LogP contribution in [-0.2, 0) is 17.8 Å². The number of hydrogen-bond acceptors (Lipinski definition) is 4. The second kappa shape index (κ2) is 5.36. The van der Waals surface area contributed by atoms with Crippen molar-refractivity contribution in [3.05, 3.63) is 47.5 Å². The molecule has 0 unspecified atom stereocenters. The fraction of sp³-hybridized carbons (Fsp3) is 0.188. The first kappa shape index (κ1) is 13.3. The van der Waals surface area contributed by atoms with Gasteiger partial charge in [0.25, 0.3) is 0 Å². The Hall–Kier alpha value is -2.69. The van der Waals surface area contributed by atoms with Crippen molar-refractivity contribution in [1.82, 2.24) is 0 Å². The first-order valence-electron chi connectivity index (χ1n) is 6.79. The molecule has 2 aromatic rings. The molecule has 21 heavy (non-hydrogen) atoms. The molecule has 0 atom stereocenters. The summed E-state index contributed by atoms with van der Waals surface area (Å²) in [5.74, 6) is -0.187. The van der Waals surface area contributed by atoms with Crippen LogP contribution in [0.3, 0.4) is 0 Å². The standard InChI is InChI=1S/C16H16N2O3/c19-14-5-1-10(7-15(14)20)9-17-12-3-4-13-11(8-12)2-6-16(21)18-13/h1,3-5,7-8,17,19-20H,2,6,9H2,(H,18,21). The molecule has 1 aliphatic rings. The second-order valence-corrected chi connectivity index (χ2v) is 5.10. The highest BCUT2D eigenvalue weighted by Crippen LogP contribution is 2.27. The maximum atomic E-state index is 11.3. The molecule has 1 aliphatic heterocycles. The fourth-order valence-electron chi connectivity index (χ4n) is 2.38. The smallest absolute Gasteiger partial charge is 0.224 e. The zero-order valence-electron chi connectivity index (χ0n) is 11.4. The van der Waals surface area contributed by atoms with Gasteiger partial charge in [0, 0.05) is 24.3 Å². The minimum absolute atomic E-state index is 0.0581. The van der Waals surface area contributed by atoms with Crippen LogP contribution < -0.4 is 10.6 Å². The minimum atomic E-state index is -0.123. The zero-order chi connectivity index (χ0) is 14.8. The third-order valence-corrected chi connectivity index (χ3v) is 3.54. The van der Waals surface area contributed by atoms with Gasteiger partial charge in [0.1, 0.15) is 0 Å². The van der Waals surface area contributed by atoms with Crippen LogP contribution in [0.5, 0.6) is 11.5 Å². The molecule has 0 fully saturated rings. The van der Waals surface area contributed by atoms with Gasteiger partial charge in [-0.15, -0.1) is 0 Å². The summed E-state index contributed by atoms with van der Waals surface area (Å²) in [6, 6.07) is 10.6. The summed E-state index contributed by atoms with van der Waals surface area (Å²) in [5, 5.41) is 24.9. The number of aromatic hydroxyl groups is 2.